The van der Waals surface area contributed by atoms with Crippen molar-refractivity contribution in [1.29, 1.82) is 0 Å². The van der Waals surface area contributed by atoms with E-state index in [0.29, 0.717) is 25.4 Å². The molecular weight excluding hydrogens is 387 g/mol. The summed E-state index contributed by atoms with van der Waals surface area (Å²) >= 11 is 0. The Morgan fingerprint density at radius 2 is 1.55 bits per heavy atom. The van der Waals surface area contributed by atoms with E-state index in [4.69, 9.17) is 4.74 Å². The summed E-state index contributed by atoms with van der Waals surface area (Å²) in [6, 6.07) is 7.76. The number of hydrogen-bond acceptors (Lipinski definition) is 3. The van der Waals surface area contributed by atoms with Crippen LogP contribution in [0.1, 0.15) is 90.5 Å². The Bertz CT molecular complexity index is 702. The first kappa shape index (κ1) is 25.3. The topological polar surface area (TPSA) is 35.0 Å². The van der Waals surface area contributed by atoms with E-state index in [1.807, 2.05) is 36.7 Å². The Morgan fingerprint density at radius 3 is 2.23 bits per heavy atom. The number of alkyl halides is 1. The molecule has 0 saturated carbocycles. The molecule has 0 N–H and O–H groups in total. The van der Waals surface area contributed by atoms with Crippen LogP contribution in [0.3, 0.4) is 0 Å². The molecule has 0 spiro atoms. The number of benzene rings is 1. The highest BCUT2D eigenvalue weighted by Gasteiger charge is 2.12. The molecular formula is C27H41FN2O. The van der Waals surface area contributed by atoms with Gasteiger partial charge in [-0.05, 0) is 55.0 Å². The van der Waals surface area contributed by atoms with Gasteiger partial charge in [-0.25, -0.2) is 14.4 Å². The second-order valence-electron chi connectivity index (χ2n) is 8.82. The molecule has 0 aliphatic rings. The lowest BCUT2D eigenvalue weighted by Crippen LogP contribution is -2.11. The van der Waals surface area contributed by atoms with E-state index in [1.165, 1.54) is 44.1 Å². The zero-order chi connectivity index (χ0) is 22.3. The molecule has 2 atom stereocenters. The number of unbranched alkanes of at least 4 members (excludes halogenated alkanes) is 5. The fourth-order valence-electron chi connectivity index (χ4n) is 3.91. The Labute approximate surface area is 188 Å². The van der Waals surface area contributed by atoms with Crippen molar-refractivity contribution in [2.75, 3.05) is 6.61 Å². The van der Waals surface area contributed by atoms with Crippen LogP contribution in [0.4, 0.5) is 4.39 Å². The van der Waals surface area contributed by atoms with E-state index < -0.39 is 6.17 Å². The van der Waals surface area contributed by atoms with Crippen LogP contribution in [0.15, 0.2) is 36.7 Å². The summed E-state index contributed by atoms with van der Waals surface area (Å²) < 4.78 is 19.8. The molecule has 0 aliphatic carbocycles. The normalized spacial score (nSPS) is 13.2. The number of rotatable bonds is 16. The summed E-state index contributed by atoms with van der Waals surface area (Å²) in [6.07, 6.45) is 15.2. The lowest BCUT2D eigenvalue weighted by Gasteiger charge is -2.14. The van der Waals surface area contributed by atoms with Crippen molar-refractivity contribution < 1.29 is 9.13 Å². The minimum atomic E-state index is -0.788. The standard InChI is InChI=1S/C27H41FN2O/c1-4-6-7-8-9-10-12-23-20-29-27(30-21-23)24-13-15-26(16-14-24)31-18-17-25(28)19-22(3)11-5-2/h13-16,20-22,25H,4-12,17-19H2,1-3H3. The number of ether oxygens (including phenoxy) is 1. The smallest absolute Gasteiger partial charge is 0.159 e. The molecule has 31 heavy (non-hydrogen) atoms. The van der Waals surface area contributed by atoms with Crippen LogP contribution < -0.4 is 4.74 Å². The summed E-state index contributed by atoms with van der Waals surface area (Å²) in [5.74, 6) is 1.93. The van der Waals surface area contributed by atoms with E-state index in [1.54, 1.807) is 0 Å². The van der Waals surface area contributed by atoms with Crippen molar-refractivity contribution in [3.63, 3.8) is 0 Å². The molecule has 1 heterocycles. The number of aromatic nitrogens is 2. The number of aryl methyl sites for hydroxylation is 1. The molecule has 0 amide bonds. The summed E-state index contributed by atoms with van der Waals surface area (Å²) in [5.41, 5.74) is 2.17. The first-order chi connectivity index (χ1) is 15.1. The van der Waals surface area contributed by atoms with Gasteiger partial charge in [-0.1, -0.05) is 65.7 Å². The van der Waals surface area contributed by atoms with Gasteiger partial charge in [0.25, 0.3) is 0 Å². The molecule has 2 unspecified atom stereocenters. The predicted octanol–water partition coefficient (Wildman–Crippen LogP) is 7.98. The molecule has 0 bridgehead atoms. The van der Waals surface area contributed by atoms with Gasteiger partial charge in [0.15, 0.2) is 5.82 Å². The van der Waals surface area contributed by atoms with Crippen molar-refractivity contribution >= 4 is 0 Å². The van der Waals surface area contributed by atoms with E-state index in [-0.39, 0.29) is 0 Å². The summed E-state index contributed by atoms with van der Waals surface area (Å²) in [7, 11) is 0. The molecule has 0 aliphatic heterocycles. The maximum atomic E-state index is 14.0. The SMILES string of the molecule is CCCCCCCCc1cnc(-c2ccc(OCCC(F)CC(C)CCC)cc2)nc1. The first-order valence-electron chi connectivity index (χ1n) is 12.3. The molecule has 172 valence electrons. The minimum absolute atomic E-state index is 0.406. The van der Waals surface area contributed by atoms with Crippen LogP contribution in [-0.2, 0) is 6.42 Å². The number of nitrogens with zero attached hydrogens (tertiary/aromatic N) is 2. The number of halogens is 1. The molecule has 4 heteroatoms. The van der Waals surface area contributed by atoms with E-state index >= 15 is 0 Å². The summed E-state index contributed by atoms with van der Waals surface area (Å²) in [4.78, 5) is 9.07. The van der Waals surface area contributed by atoms with Crippen LogP contribution in [0.2, 0.25) is 0 Å². The van der Waals surface area contributed by atoms with Gasteiger partial charge in [0.05, 0.1) is 6.61 Å². The summed E-state index contributed by atoms with van der Waals surface area (Å²) in [5, 5.41) is 0. The largest absolute Gasteiger partial charge is 0.493 e. The molecule has 2 rings (SSSR count). The Kier molecular flexibility index (Phi) is 12.2. The van der Waals surface area contributed by atoms with Crippen LogP contribution in [0.25, 0.3) is 11.4 Å². The maximum absolute atomic E-state index is 14.0. The molecule has 0 radical (unpaired) electrons. The van der Waals surface area contributed by atoms with Crippen molar-refractivity contribution in [1.82, 2.24) is 9.97 Å². The zero-order valence-corrected chi connectivity index (χ0v) is 19.8. The van der Waals surface area contributed by atoms with Gasteiger partial charge in [-0.15, -0.1) is 0 Å². The average molecular weight is 429 g/mol. The number of hydrogen-bond donors (Lipinski definition) is 0. The van der Waals surface area contributed by atoms with Crippen molar-refractivity contribution in [2.24, 2.45) is 5.92 Å². The lowest BCUT2D eigenvalue weighted by atomic mass is 9.98. The van der Waals surface area contributed by atoms with E-state index in [9.17, 15) is 4.39 Å². The first-order valence-corrected chi connectivity index (χ1v) is 12.3. The van der Waals surface area contributed by atoms with Crippen molar-refractivity contribution in [2.45, 2.75) is 97.6 Å². The van der Waals surface area contributed by atoms with Gasteiger partial charge in [-0.2, -0.15) is 0 Å². The highest BCUT2D eigenvalue weighted by molar-refractivity contribution is 5.55. The third-order valence-electron chi connectivity index (χ3n) is 5.78. The van der Waals surface area contributed by atoms with Gasteiger partial charge in [0, 0.05) is 24.4 Å². The van der Waals surface area contributed by atoms with E-state index in [2.05, 4.69) is 30.7 Å². The van der Waals surface area contributed by atoms with Crippen LogP contribution in [0.5, 0.6) is 5.75 Å². The van der Waals surface area contributed by atoms with E-state index in [0.717, 1.165) is 36.4 Å². The molecule has 1 aromatic carbocycles. The van der Waals surface area contributed by atoms with Gasteiger partial charge >= 0.3 is 0 Å². The maximum Gasteiger partial charge on any atom is 0.159 e. The Hall–Kier alpha value is -1.97. The fraction of sp³-hybridized carbons (Fsp3) is 0.630. The average Bonchev–Trinajstić information content (AvgIpc) is 2.77. The third-order valence-corrected chi connectivity index (χ3v) is 5.78. The van der Waals surface area contributed by atoms with Crippen molar-refractivity contribution in [3.05, 3.63) is 42.2 Å². The van der Waals surface area contributed by atoms with Crippen LogP contribution >= 0.6 is 0 Å². The third kappa shape index (κ3) is 10.3. The lowest BCUT2D eigenvalue weighted by molar-refractivity contribution is 0.206. The molecule has 0 saturated heterocycles. The Morgan fingerprint density at radius 1 is 0.871 bits per heavy atom. The molecule has 3 nitrogen and oxygen atoms in total. The van der Waals surface area contributed by atoms with Gasteiger partial charge < -0.3 is 4.74 Å². The quantitative estimate of drug-likeness (QED) is 0.254. The highest BCUT2D eigenvalue weighted by atomic mass is 19.1. The second kappa shape index (κ2) is 14.9. The second-order valence-corrected chi connectivity index (χ2v) is 8.82. The highest BCUT2D eigenvalue weighted by Crippen LogP contribution is 2.21. The summed E-state index contributed by atoms with van der Waals surface area (Å²) in [6.45, 7) is 6.92. The van der Waals surface area contributed by atoms with Gasteiger partial charge in [-0.3, -0.25) is 0 Å². The predicted molar refractivity (Wildman–Crippen MR) is 128 cm³/mol. The minimum Gasteiger partial charge on any atom is -0.493 e. The fourth-order valence-corrected chi connectivity index (χ4v) is 3.91. The molecule has 1 aromatic heterocycles. The molecule has 2 aromatic rings. The monoisotopic (exact) mass is 428 g/mol. The Balaban J connectivity index is 1.72. The van der Waals surface area contributed by atoms with Crippen LogP contribution in [0, 0.1) is 5.92 Å². The zero-order valence-electron chi connectivity index (χ0n) is 19.8. The van der Waals surface area contributed by atoms with Crippen LogP contribution in [-0.4, -0.2) is 22.7 Å². The van der Waals surface area contributed by atoms with Crippen molar-refractivity contribution in [3.8, 4) is 17.1 Å². The van der Waals surface area contributed by atoms with Gasteiger partial charge in [0.2, 0.25) is 0 Å². The van der Waals surface area contributed by atoms with Gasteiger partial charge in [0.1, 0.15) is 11.9 Å². The molecule has 0 fully saturated rings.